The molecule has 0 amide bonds. The molecule has 2 N–H and O–H groups in total. The minimum absolute atomic E-state index is 0.0684. The Balaban J connectivity index is 1.59. The molecule has 0 aliphatic carbocycles. The molecule has 3 heterocycles. The average molecular weight is 509 g/mol. The Bertz CT molecular complexity index is 1370. The van der Waals surface area contributed by atoms with Gasteiger partial charge in [-0.2, -0.15) is 13.2 Å². The molecule has 0 radical (unpaired) electrons. The molecule has 190 valence electrons. The molecule has 10 heteroatoms. The first-order chi connectivity index (χ1) is 17.8. The summed E-state index contributed by atoms with van der Waals surface area (Å²) in [6.07, 6.45) is -3.03. The lowest BCUT2D eigenvalue weighted by molar-refractivity contribution is -0.144. The molecule has 0 spiro atoms. The quantitative estimate of drug-likeness (QED) is 0.293. The first-order valence-electron chi connectivity index (χ1n) is 11.8. The molecule has 4 aromatic rings. The van der Waals surface area contributed by atoms with E-state index in [0.29, 0.717) is 55.1 Å². The number of alkyl halides is 3. The predicted molar refractivity (Wildman–Crippen MR) is 134 cm³/mol. The molecule has 2 aromatic heterocycles. The van der Waals surface area contributed by atoms with Gasteiger partial charge in [0.1, 0.15) is 11.6 Å². The highest BCUT2D eigenvalue weighted by Crippen LogP contribution is 2.41. The number of anilines is 2. The van der Waals surface area contributed by atoms with Crippen molar-refractivity contribution in [2.45, 2.75) is 12.7 Å². The van der Waals surface area contributed by atoms with Crippen LogP contribution in [-0.4, -0.2) is 46.0 Å². The molecule has 37 heavy (non-hydrogen) atoms. The Morgan fingerprint density at radius 2 is 1.59 bits per heavy atom. The van der Waals surface area contributed by atoms with Crippen LogP contribution in [0.5, 0.6) is 0 Å². The van der Waals surface area contributed by atoms with Gasteiger partial charge in [-0.05, 0) is 54.1 Å². The van der Waals surface area contributed by atoms with Crippen molar-refractivity contribution in [2.75, 3.05) is 36.8 Å². The first kappa shape index (κ1) is 24.6. The maximum Gasteiger partial charge on any atom is 0.451 e. The first-order valence-corrected chi connectivity index (χ1v) is 11.8. The highest BCUT2D eigenvalue weighted by atomic mass is 19.4. The molecule has 0 bridgehead atoms. The average Bonchev–Trinajstić information content (AvgIpc) is 2.89. The molecule has 1 aliphatic rings. The molecule has 1 fully saturated rings. The molecule has 2 aromatic carbocycles. The Labute approximate surface area is 211 Å². The Hall–Kier alpha value is -4.05. The van der Waals surface area contributed by atoms with E-state index in [2.05, 4.69) is 19.9 Å². The van der Waals surface area contributed by atoms with Crippen LogP contribution in [0.3, 0.4) is 0 Å². The Kier molecular flexibility index (Phi) is 6.75. The van der Waals surface area contributed by atoms with Gasteiger partial charge in [0.15, 0.2) is 0 Å². The van der Waals surface area contributed by atoms with Gasteiger partial charge in [-0.15, -0.1) is 0 Å². The van der Waals surface area contributed by atoms with Gasteiger partial charge in [0.2, 0.25) is 5.82 Å². The van der Waals surface area contributed by atoms with Crippen molar-refractivity contribution >= 4 is 11.5 Å². The van der Waals surface area contributed by atoms with E-state index in [1.54, 1.807) is 30.5 Å². The van der Waals surface area contributed by atoms with Crippen LogP contribution in [0.15, 0.2) is 72.9 Å². The fourth-order valence-corrected chi connectivity index (χ4v) is 4.42. The van der Waals surface area contributed by atoms with E-state index in [9.17, 15) is 17.6 Å². The van der Waals surface area contributed by atoms with Crippen LogP contribution in [0.4, 0.5) is 29.1 Å². The number of aromatic nitrogens is 3. The number of nitrogens with two attached hydrogens (primary N) is 1. The summed E-state index contributed by atoms with van der Waals surface area (Å²) >= 11 is 0. The molecule has 0 atom stereocenters. The van der Waals surface area contributed by atoms with Gasteiger partial charge in [0.05, 0.1) is 17.0 Å². The summed E-state index contributed by atoms with van der Waals surface area (Å²) in [6, 6.07) is 17.8. The van der Waals surface area contributed by atoms with Gasteiger partial charge in [0, 0.05) is 50.2 Å². The van der Waals surface area contributed by atoms with Crippen molar-refractivity contribution in [1.29, 1.82) is 0 Å². The van der Waals surface area contributed by atoms with Crippen molar-refractivity contribution in [3.05, 3.63) is 90.3 Å². The number of rotatable bonds is 5. The minimum Gasteiger partial charge on any atom is -0.399 e. The lowest BCUT2D eigenvalue weighted by Crippen LogP contribution is -2.46. The van der Waals surface area contributed by atoms with E-state index in [-0.39, 0.29) is 11.5 Å². The van der Waals surface area contributed by atoms with Crippen LogP contribution in [0, 0.1) is 5.82 Å². The number of benzene rings is 2. The largest absolute Gasteiger partial charge is 0.451 e. The van der Waals surface area contributed by atoms with Crippen molar-refractivity contribution in [2.24, 2.45) is 0 Å². The summed E-state index contributed by atoms with van der Waals surface area (Å²) in [4.78, 5) is 16.4. The summed E-state index contributed by atoms with van der Waals surface area (Å²) in [6.45, 7) is 2.79. The number of nitrogens with zero attached hydrogens (tertiary/aromatic N) is 5. The lowest BCUT2D eigenvalue weighted by Gasteiger charge is -2.36. The van der Waals surface area contributed by atoms with E-state index in [0.717, 1.165) is 5.69 Å². The van der Waals surface area contributed by atoms with Gasteiger partial charge in [-0.25, -0.2) is 14.4 Å². The summed E-state index contributed by atoms with van der Waals surface area (Å²) < 4.78 is 55.5. The third-order valence-corrected chi connectivity index (χ3v) is 6.22. The lowest BCUT2D eigenvalue weighted by atomic mass is 9.98. The summed E-state index contributed by atoms with van der Waals surface area (Å²) in [5.41, 5.74) is 8.83. The van der Waals surface area contributed by atoms with Crippen LogP contribution in [0.1, 0.15) is 11.5 Å². The summed E-state index contributed by atoms with van der Waals surface area (Å²) in [5.74, 6) is -1.57. The molecular weight excluding hydrogens is 484 g/mol. The number of hydrogen-bond acceptors (Lipinski definition) is 6. The van der Waals surface area contributed by atoms with Crippen LogP contribution in [-0.2, 0) is 12.7 Å². The predicted octanol–water partition coefficient (Wildman–Crippen LogP) is 5.27. The second-order valence-corrected chi connectivity index (χ2v) is 8.81. The number of hydrogen-bond donors (Lipinski definition) is 1. The second kappa shape index (κ2) is 10.1. The van der Waals surface area contributed by atoms with E-state index < -0.39 is 17.8 Å². The van der Waals surface area contributed by atoms with Crippen LogP contribution >= 0.6 is 0 Å². The fourth-order valence-electron chi connectivity index (χ4n) is 4.42. The van der Waals surface area contributed by atoms with Gasteiger partial charge >= 0.3 is 6.18 Å². The fraction of sp³-hybridized carbons (Fsp3) is 0.222. The maximum atomic E-state index is 14.0. The minimum atomic E-state index is -4.77. The zero-order chi connectivity index (χ0) is 26.0. The monoisotopic (exact) mass is 508 g/mol. The van der Waals surface area contributed by atoms with Crippen molar-refractivity contribution in [3.8, 4) is 22.4 Å². The van der Waals surface area contributed by atoms with E-state index in [1.807, 2.05) is 23.1 Å². The second-order valence-electron chi connectivity index (χ2n) is 8.81. The van der Waals surface area contributed by atoms with E-state index in [4.69, 9.17) is 5.73 Å². The molecule has 5 rings (SSSR count). The van der Waals surface area contributed by atoms with Gasteiger partial charge in [-0.1, -0.05) is 18.2 Å². The van der Waals surface area contributed by atoms with Gasteiger partial charge in [0.25, 0.3) is 0 Å². The number of nitrogen functional groups attached to an aromatic ring is 1. The maximum absolute atomic E-state index is 14.0. The molecular formula is C27H24F4N6. The Morgan fingerprint density at radius 1 is 0.838 bits per heavy atom. The zero-order valence-corrected chi connectivity index (χ0v) is 19.8. The number of pyridine rings is 1. The van der Waals surface area contributed by atoms with Crippen molar-refractivity contribution < 1.29 is 17.6 Å². The third kappa shape index (κ3) is 5.54. The van der Waals surface area contributed by atoms with Crippen LogP contribution in [0.2, 0.25) is 0 Å². The molecule has 0 saturated carbocycles. The third-order valence-electron chi connectivity index (χ3n) is 6.22. The van der Waals surface area contributed by atoms with Gasteiger partial charge in [-0.3, -0.25) is 9.88 Å². The van der Waals surface area contributed by atoms with Crippen molar-refractivity contribution in [1.82, 2.24) is 19.9 Å². The van der Waals surface area contributed by atoms with Gasteiger partial charge < -0.3 is 10.6 Å². The van der Waals surface area contributed by atoms with Crippen LogP contribution in [0.25, 0.3) is 22.4 Å². The topological polar surface area (TPSA) is 71.2 Å². The van der Waals surface area contributed by atoms with E-state index in [1.165, 1.54) is 24.3 Å². The zero-order valence-electron chi connectivity index (χ0n) is 19.8. The smallest absolute Gasteiger partial charge is 0.399 e. The molecule has 1 aliphatic heterocycles. The highest BCUT2D eigenvalue weighted by Gasteiger charge is 2.38. The summed E-state index contributed by atoms with van der Waals surface area (Å²) in [5, 5.41) is 0. The normalized spacial score (nSPS) is 14.6. The van der Waals surface area contributed by atoms with Crippen molar-refractivity contribution in [3.63, 3.8) is 0 Å². The number of halogens is 4. The Morgan fingerprint density at radius 3 is 2.24 bits per heavy atom. The standard InChI is InChI=1S/C27H24F4N6/c28-20-9-7-18(8-10-20)24-23(19-4-3-5-21(32)16-19)25(35-26(34-24)27(29,30)31)37-14-12-36(13-15-37)17-22-6-1-2-11-33-22/h1-11,16H,12-15,17,32H2. The molecule has 6 nitrogen and oxygen atoms in total. The molecule has 0 unspecified atom stereocenters. The highest BCUT2D eigenvalue weighted by molar-refractivity contribution is 5.89. The van der Waals surface area contributed by atoms with E-state index >= 15 is 0 Å². The SMILES string of the molecule is Nc1cccc(-c2c(-c3ccc(F)cc3)nc(C(F)(F)F)nc2N2CCN(Cc3ccccn3)CC2)c1. The molecule has 1 saturated heterocycles. The van der Waals surface area contributed by atoms with Crippen LogP contribution < -0.4 is 10.6 Å². The number of piperazine rings is 1. The summed E-state index contributed by atoms with van der Waals surface area (Å²) in [7, 11) is 0.